The number of likely N-dealkylation sites (N-methyl/N-ethyl adjacent to an activating group) is 1. The van der Waals surface area contributed by atoms with Crippen LogP contribution in [0.4, 0.5) is 30.6 Å². The molecule has 3 atom stereocenters. The topological polar surface area (TPSA) is 93.6 Å². The molecule has 11 heteroatoms. The van der Waals surface area contributed by atoms with E-state index in [1.165, 1.54) is 4.90 Å². The molecule has 3 heterocycles. The van der Waals surface area contributed by atoms with Crippen LogP contribution in [0.3, 0.4) is 0 Å². The number of benzene rings is 1. The fourth-order valence-corrected chi connectivity index (χ4v) is 4.55. The Morgan fingerprint density at radius 3 is 2.55 bits per heavy atom. The van der Waals surface area contributed by atoms with Crippen LogP contribution in [0.5, 0.6) is 0 Å². The van der Waals surface area contributed by atoms with Crippen LogP contribution < -0.4 is 15.5 Å². The first kappa shape index (κ1) is 23.1. The van der Waals surface area contributed by atoms with E-state index in [-0.39, 0.29) is 30.1 Å². The quantitative estimate of drug-likeness (QED) is 0.599. The third kappa shape index (κ3) is 4.29. The fraction of sp³-hybridized carbons (Fsp3) is 0.500. The summed E-state index contributed by atoms with van der Waals surface area (Å²) in [4.78, 5) is 25.2. The number of likely N-dealkylation sites (tertiary alicyclic amines) is 1. The largest absolute Gasteiger partial charge is 0.372 e. The Morgan fingerprint density at radius 1 is 1.24 bits per heavy atom. The van der Waals surface area contributed by atoms with E-state index in [1.54, 1.807) is 0 Å². The number of rotatable bonds is 4. The Labute approximate surface area is 189 Å². The first-order valence-electron chi connectivity index (χ1n) is 10.8. The molecule has 0 spiro atoms. The second kappa shape index (κ2) is 8.69. The molecule has 2 aliphatic rings. The Kier molecular flexibility index (Phi) is 6.08. The zero-order chi connectivity index (χ0) is 24.0. The third-order valence-corrected chi connectivity index (χ3v) is 6.19. The normalized spacial score (nSPS) is 22.4. The summed E-state index contributed by atoms with van der Waals surface area (Å²) in [7, 11) is 1.88. The van der Waals surface area contributed by atoms with Crippen LogP contribution in [0, 0.1) is 30.3 Å². The number of carbonyl (C=O) groups is 1. The van der Waals surface area contributed by atoms with Gasteiger partial charge in [0.25, 0.3) is 5.91 Å². The van der Waals surface area contributed by atoms with Crippen molar-refractivity contribution in [2.24, 2.45) is 5.92 Å². The molecule has 1 amide bonds. The molecule has 1 aromatic carbocycles. The van der Waals surface area contributed by atoms with Gasteiger partial charge in [-0.2, -0.15) is 4.98 Å². The molecule has 0 saturated carbocycles. The van der Waals surface area contributed by atoms with Crippen molar-refractivity contribution in [2.75, 3.05) is 35.7 Å². The van der Waals surface area contributed by atoms with Gasteiger partial charge in [0.15, 0.2) is 23.3 Å². The van der Waals surface area contributed by atoms with E-state index in [0.717, 1.165) is 0 Å². The van der Waals surface area contributed by atoms with E-state index in [1.807, 2.05) is 32.7 Å². The number of aliphatic hydroxyl groups is 1. The molecule has 8 nitrogen and oxygen atoms in total. The number of amides is 1. The molecule has 1 saturated heterocycles. The lowest BCUT2D eigenvalue weighted by Gasteiger charge is -2.41. The van der Waals surface area contributed by atoms with Gasteiger partial charge in [-0.3, -0.25) is 4.79 Å². The molecule has 1 unspecified atom stereocenters. The summed E-state index contributed by atoms with van der Waals surface area (Å²) in [5.74, 6) is -3.74. The van der Waals surface area contributed by atoms with Gasteiger partial charge in [-0.15, -0.1) is 0 Å². The molecule has 2 aromatic rings. The average molecular weight is 464 g/mol. The van der Waals surface area contributed by atoms with Crippen molar-refractivity contribution in [3.63, 3.8) is 0 Å². The van der Waals surface area contributed by atoms with E-state index < -0.39 is 29.6 Å². The van der Waals surface area contributed by atoms with Crippen molar-refractivity contribution in [1.29, 1.82) is 0 Å². The van der Waals surface area contributed by atoms with Gasteiger partial charge in [0.1, 0.15) is 11.9 Å². The minimum Gasteiger partial charge on any atom is -0.372 e. The zero-order valence-corrected chi connectivity index (χ0v) is 18.9. The predicted octanol–water partition coefficient (Wildman–Crippen LogP) is 2.73. The first-order chi connectivity index (χ1) is 15.6. The zero-order valence-electron chi connectivity index (χ0n) is 18.9. The number of halogens is 3. The van der Waals surface area contributed by atoms with Crippen molar-refractivity contribution >= 4 is 23.4 Å². The standard InChI is InChI=1S/C22H27F3N6O2/c1-10(2)18-20(32)28-17-11(3)26-22(29-19(17)30(18)4)27-13-5-6-31(9-13)21(33)12-7-14(23)16(25)15(24)8-12/h7-8,10,13,18,20,28,32H,5-6,9H2,1-4H3,(H,26,27,29)/t13-,18-,20?/m0/s1. The van der Waals surface area contributed by atoms with Gasteiger partial charge in [0.2, 0.25) is 5.95 Å². The van der Waals surface area contributed by atoms with E-state index >= 15 is 0 Å². The summed E-state index contributed by atoms with van der Waals surface area (Å²) >= 11 is 0. The van der Waals surface area contributed by atoms with E-state index in [4.69, 9.17) is 0 Å². The monoisotopic (exact) mass is 464 g/mol. The molecule has 2 aliphatic heterocycles. The van der Waals surface area contributed by atoms with Crippen molar-refractivity contribution in [3.8, 4) is 0 Å². The van der Waals surface area contributed by atoms with Crippen LogP contribution >= 0.6 is 0 Å². The summed E-state index contributed by atoms with van der Waals surface area (Å²) in [6.45, 7) is 6.50. The smallest absolute Gasteiger partial charge is 0.254 e. The highest BCUT2D eigenvalue weighted by atomic mass is 19.2. The van der Waals surface area contributed by atoms with Crippen molar-refractivity contribution < 1.29 is 23.1 Å². The summed E-state index contributed by atoms with van der Waals surface area (Å²) in [6, 6.07) is 1.07. The Balaban J connectivity index is 1.49. The first-order valence-corrected chi connectivity index (χ1v) is 10.8. The van der Waals surface area contributed by atoms with Crippen LogP contribution in [-0.2, 0) is 0 Å². The Hall–Kier alpha value is -3.08. The van der Waals surface area contributed by atoms with Crippen LogP contribution in [0.25, 0.3) is 0 Å². The third-order valence-electron chi connectivity index (χ3n) is 6.19. The molecule has 33 heavy (non-hydrogen) atoms. The second-order valence-electron chi connectivity index (χ2n) is 8.90. The molecule has 0 radical (unpaired) electrons. The van der Waals surface area contributed by atoms with E-state index in [2.05, 4.69) is 20.6 Å². The number of hydrogen-bond acceptors (Lipinski definition) is 7. The highest BCUT2D eigenvalue weighted by Gasteiger charge is 2.36. The fourth-order valence-electron chi connectivity index (χ4n) is 4.55. The number of nitrogens with zero attached hydrogens (tertiary/aromatic N) is 4. The molecule has 0 aliphatic carbocycles. The van der Waals surface area contributed by atoms with Crippen LogP contribution in [-0.4, -0.2) is 64.3 Å². The molecule has 0 bridgehead atoms. The number of aryl methyl sites for hydroxylation is 1. The number of carbonyl (C=O) groups excluding carboxylic acids is 1. The van der Waals surface area contributed by atoms with E-state index in [0.29, 0.717) is 48.2 Å². The molecular formula is C22H27F3N6O2. The van der Waals surface area contributed by atoms with Crippen molar-refractivity contribution in [3.05, 3.63) is 40.8 Å². The number of aliphatic hydroxyl groups excluding tert-OH is 1. The summed E-state index contributed by atoms with van der Waals surface area (Å²) in [6.07, 6.45) is -0.169. The summed E-state index contributed by atoms with van der Waals surface area (Å²) in [5, 5.41) is 16.8. The van der Waals surface area contributed by atoms with Crippen molar-refractivity contribution in [2.45, 2.75) is 45.5 Å². The molecule has 178 valence electrons. The van der Waals surface area contributed by atoms with Crippen LogP contribution in [0.15, 0.2) is 12.1 Å². The molecule has 4 rings (SSSR count). The predicted molar refractivity (Wildman–Crippen MR) is 118 cm³/mol. The maximum Gasteiger partial charge on any atom is 0.254 e. The van der Waals surface area contributed by atoms with Gasteiger partial charge in [-0.25, -0.2) is 18.2 Å². The average Bonchev–Trinajstić information content (AvgIpc) is 3.20. The molecule has 1 fully saturated rings. The highest BCUT2D eigenvalue weighted by molar-refractivity contribution is 5.94. The van der Waals surface area contributed by atoms with Crippen molar-refractivity contribution in [1.82, 2.24) is 14.9 Å². The number of fused-ring (bicyclic) bond motifs is 1. The Bertz CT molecular complexity index is 1060. The van der Waals surface area contributed by atoms with Gasteiger partial charge < -0.3 is 25.5 Å². The molecule has 3 N–H and O–H groups in total. The number of hydrogen-bond donors (Lipinski definition) is 3. The van der Waals surface area contributed by atoms with Gasteiger partial charge in [0, 0.05) is 31.7 Å². The minimum atomic E-state index is -1.60. The van der Waals surface area contributed by atoms with E-state index in [9.17, 15) is 23.1 Å². The lowest BCUT2D eigenvalue weighted by Crippen LogP contribution is -2.52. The highest BCUT2D eigenvalue weighted by Crippen LogP contribution is 2.35. The minimum absolute atomic E-state index is 0.171. The lowest BCUT2D eigenvalue weighted by molar-refractivity contribution is 0.0790. The maximum atomic E-state index is 13.5. The lowest BCUT2D eigenvalue weighted by atomic mass is 9.98. The SMILES string of the molecule is Cc1nc(N[C@H]2CCN(C(=O)c3cc(F)c(F)c(F)c3)C2)nc2c1NC(O)[C@H](C(C)C)N2C. The summed E-state index contributed by atoms with van der Waals surface area (Å²) in [5.41, 5.74) is 1.09. The van der Waals surface area contributed by atoms with Gasteiger partial charge in [-0.05, 0) is 31.4 Å². The van der Waals surface area contributed by atoms with Crippen LogP contribution in [0.1, 0.15) is 36.3 Å². The summed E-state index contributed by atoms with van der Waals surface area (Å²) < 4.78 is 40.2. The van der Waals surface area contributed by atoms with Gasteiger partial charge >= 0.3 is 0 Å². The van der Waals surface area contributed by atoms with Gasteiger partial charge in [-0.1, -0.05) is 13.8 Å². The Morgan fingerprint density at radius 2 is 1.91 bits per heavy atom. The maximum absolute atomic E-state index is 13.5. The number of aromatic nitrogens is 2. The number of nitrogens with one attached hydrogen (secondary N) is 2. The number of anilines is 3. The van der Waals surface area contributed by atoms with Crippen LogP contribution in [0.2, 0.25) is 0 Å². The second-order valence-corrected chi connectivity index (χ2v) is 8.90. The molecular weight excluding hydrogens is 437 g/mol. The van der Waals surface area contributed by atoms with Gasteiger partial charge in [0.05, 0.1) is 11.7 Å². The molecule has 1 aromatic heterocycles.